The van der Waals surface area contributed by atoms with Crippen molar-refractivity contribution in [2.24, 2.45) is 27.6 Å². The van der Waals surface area contributed by atoms with Crippen molar-refractivity contribution in [2.75, 3.05) is 0 Å². The number of hydrogen-bond acceptors (Lipinski definition) is 0. The summed E-state index contributed by atoms with van der Waals surface area (Å²) >= 11 is 0. The van der Waals surface area contributed by atoms with Gasteiger partial charge in [0.1, 0.15) is 0 Å². The molecule has 0 amide bonds. The van der Waals surface area contributed by atoms with Gasteiger partial charge in [0.25, 0.3) is 0 Å². The molecule has 1 unspecified atom stereocenters. The quantitative estimate of drug-likeness (QED) is 0.532. The number of rotatable bonds is 0. The van der Waals surface area contributed by atoms with E-state index < -0.39 is 0 Å². The monoisotopic (exact) mass is 208 g/mol. The van der Waals surface area contributed by atoms with Crippen LogP contribution < -0.4 is 0 Å². The molecule has 2 bridgehead atoms. The van der Waals surface area contributed by atoms with Crippen LogP contribution in [-0.4, -0.2) is 0 Å². The standard InChI is InChI=1S/C15H28/c1-12(2,3)15(7)10-11-8-9-14(15,6)13(11,4)5/h11H,8-10H2,1-7H3/t11-,14-,15?/m0/s1. The molecule has 2 saturated carbocycles. The largest absolute Gasteiger partial charge is 0.0596 e. The maximum atomic E-state index is 2.56. The summed E-state index contributed by atoms with van der Waals surface area (Å²) < 4.78 is 0. The molecule has 2 aliphatic carbocycles. The summed E-state index contributed by atoms with van der Waals surface area (Å²) in [5, 5.41) is 0. The fraction of sp³-hybridized carbons (Fsp3) is 1.00. The Balaban J connectivity index is 2.50. The summed E-state index contributed by atoms with van der Waals surface area (Å²) in [6, 6.07) is 0. The van der Waals surface area contributed by atoms with Crippen LogP contribution in [-0.2, 0) is 0 Å². The van der Waals surface area contributed by atoms with E-state index in [0.29, 0.717) is 21.7 Å². The van der Waals surface area contributed by atoms with E-state index in [4.69, 9.17) is 0 Å². The van der Waals surface area contributed by atoms with Gasteiger partial charge in [-0.05, 0) is 46.8 Å². The molecule has 0 nitrogen and oxygen atoms in total. The molecule has 0 heterocycles. The highest BCUT2D eigenvalue weighted by Gasteiger charge is 2.69. The molecule has 0 spiro atoms. The molecule has 0 heteroatoms. The van der Waals surface area contributed by atoms with Gasteiger partial charge < -0.3 is 0 Å². The Kier molecular flexibility index (Phi) is 2.01. The zero-order valence-corrected chi connectivity index (χ0v) is 11.7. The van der Waals surface area contributed by atoms with Gasteiger partial charge in [-0.1, -0.05) is 48.5 Å². The molecule has 0 N–H and O–H groups in total. The van der Waals surface area contributed by atoms with E-state index in [1.165, 1.54) is 19.3 Å². The van der Waals surface area contributed by atoms with Gasteiger partial charge in [-0.3, -0.25) is 0 Å². The first-order chi connectivity index (χ1) is 6.56. The molecular weight excluding hydrogens is 180 g/mol. The van der Waals surface area contributed by atoms with Crippen LogP contribution in [0.2, 0.25) is 0 Å². The Morgan fingerprint density at radius 2 is 1.53 bits per heavy atom. The predicted octanol–water partition coefficient (Wildman–Crippen LogP) is 4.89. The Morgan fingerprint density at radius 3 is 1.73 bits per heavy atom. The Hall–Kier alpha value is 0. The van der Waals surface area contributed by atoms with Gasteiger partial charge >= 0.3 is 0 Å². The zero-order chi connectivity index (χ0) is 11.7. The van der Waals surface area contributed by atoms with E-state index in [1.807, 2.05) is 0 Å². The molecular formula is C15H28. The van der Waals surface area contributed by atoms with E-state index in [-0.39, 0.29) is 0 Å². The van der Waals surface area contributed by atoms with Crippen LogP contribution in [0.25, 0.3) is 0 Å². The van der Waals surface area contributed by atoms with Crippen LogP contribution in [0.5, 0.6) is 0 Å². The topological polar surface area (TPSA) is 0 Å². The molecule has 0 radical (unpaired) electrons. The van der Waals surface area contributed by atoms with Crippen molar-refractivity contribution in [1.82, 2.24) is 0 Å². The van der Waals surface area contributed by atoms with Gasteiger partial charge in [-0.2, -0.15) is 0 Å². The van der Waals surface area contributed by atoms with E-state index in [1.54, 1.807) is 0 Å². The molecule has 2 rings (SSSR count). The average Bonchev–Trinajstić information content (AvgIpc) is 2.34. The van der Waals surface area contributed by atoms with Crippen LogP contribution >= 0.6 is 0 Å². The van der Waals surface area contributed by atoms with Crippen molar-refractivity contribution in [3.05, 3.63) is 0 Å². The lowest BCUT2D eigenvalue weighted by molar-refractivity contribution is -0.0553. The lowest BCUT2D eigenvalue weighted by Crippen LogP contribution is -2.47. The molecule has 0 aromatic heterocycles. The van der Waals surface area contributed by atoms with Crippen LogP contribution in [0.1, 0.15) is 67.7 Å². The molecule has 0 saturated heterocycles. The summed E-state index contributed by atoms with van der Waals surface area (Å²) in [5.74, 6) is 0.965. The molecule has 0 aliphatic heterocycles. The normalized spacial score (nSPS) is 48.6. The summed E-state index contributed by atoms with van der Waals surface area (Å²) in [7, 11) is 0. The van der Waals surface area contributed by atoms with Gasteiger partial charge in [0.2, 0.25) is 0 Å². The molecule has 88 valence electrons. The van der Waals surface area contributed by atoms with Crippen molar-refractivity contribution < 1.29 is 0 Å². The Labute approximate surface area is 95.8 Å². The average molecular weight is 208 g/mol. The Morgan fingerprint density at radius 1 is 1.00 bits per heavy atom. The molecule has 3 atom stereocenters. The summed E-state index contributed by atoms with van der Waals surface area (Å²) in [5.41, 5.74) is 2.05. The van der Waals surface area contributed by atoms with Crippen molar-refractivity contribution in [1.29, 1.82) is 0 Å². The van der Waals surface area contributed by atoms with Gasteiger partial charge in [0, 0.05) is 0 Å². The Bertz CT molecular complexity index is 279. The van der Waals surface area contributed by atoms with Crippen molar-refractivity contribution in [3.63, 3.8) is 0 Å². The third kappa shape index (κ3) is 1.04. The van der Waals surface area contributed by atoms with E-state index in [9.17, 15) is 0 Å². The van der Waals surface area contributed by atoms with E-state index in [0.717, 1.165) is 5.92 Å². The molecule has 0 aromatic rings. The minimum Gasteiger partial charge on any atom is -0.0596 e. The maximum Gasteiger partial charge on any atom is -0.0213 e. The SMILES string of the molecule is CC(C)(C)C1(C)C[C@@H]2CC[C@@]1(C)C2(C)C. The van der Waals surface area contributed by atoms with Crippen LogP contribution in [0.15, 0.2) is 0 Å². The lowest BCUT2D eigenvalue weighted by atomic mass is 9.50. The maximum absolute atomic E-state index is 2.56. The second-order valence-electron chi connectivity index (χ2n) is 8.08. The van der Waals surface area contributed by atoms with Crippen LogP contribution in [0.4, 0.5) is 0 Å². The van der Waals surface area contributed by atoms with E-state index in [2.05, 4.69) is 48.5 Å². The fourth-order valence-electron chi connectivity index (χ4n) is 4.79. The minimum absolute atomic E-state index is 0.439. The highest BCUT2D eigenvalue weighted by molar-refractivity contribution is 5.17. The fourth-order valence-corrected chi connectivity index (χ4v) is 4.79. The number of fused-ring (bicyclic) bond motifs is 2. The molecule has 2 fully saturated rings. The second kappa shape index (κ2) is 2.63. The lowest BCUT2D eigenvalue weighted by Gasteiger charge is -2.54. The summed E-state index contributed by atoms with van der Waals surface area (Å²) in [6.07, 6.45) is 4.35. The summed E-state index contributed by atoms with van der Waals surface area (Å²) in [6.45, 7) is 17.5. The first-order valence-electron chi connectivity index (χ1n) is 6.56. The first-order valence-corrected chi connectivity index (χ1v) is 6.56. The van der Waals surface area contributed by atoms with Crippen molar-refractivity contribution >= 4 is 0 Å². The number of hydrogen-bond donors (Lipinski definition) is 0. The predicted molar refractivity (Wildman–Crippen MR) is 66.8 cm³/mol. The van der Waals surface area contributed by atoms with Crippen molar-refractivity contribution in [3.8, 4) is 0 Å². The third-order valence-corrected chi connectivity index (χ3v) is 6.96. The third-order valence-electron chi connectivity index (χ3n) is 6.96. The smallest absolute Gasteiger partial charge is 0.0213 e. The molecule has 2 aliphatic rings. The minimum atomic E-state index is 0.439. The first kappa shape index (κ1) is 11.5. The van der Waals surface area contributed by atoms with Gasteiger partial charge in [-0.25, -0.2) is 0 Å². The summed E-state index contributed by atoms with van der Waals surface area (Å²) in [4.78, 5) is 0. The van der Waals surface area contributed by atoms with Gasteiger partial charge in [0.15, 0.2) is 0 Å². The molecule has 0 aromatic carbocycles. The van der Waals surface area contributed by atoms with Crippen LogP contribution in [0, 0.1) is 27.6 Å². The second-order valence-corrected chi connectivity index (χ2v) is 8.08. The van der Waals surface area contributed by atoms with Crippen molar-refractivity contribution in [2.45, 2.75) is 67.7 Å². The van der Waals surface area contributed by atoms with Crippen LogP contribution in [0.3, 0.4) is 0 Å². The van der Waals surface area contributed by atoms with Gasteiger partial charge in [-0.15, -0.1) is 0 Å². The highest BCUT2D eigenvalue weighted by Crippen LogP contribution is 2.76. The highest BCUT2D eigenvalue weighted by atomic mass is 14.7. The molecule has 15 heavy (non-hydrogen) atoms. The van der Waals surface area contributed by atoms with E-state index >= 15 is 0 Å². The zero-order valence-electron chi connectivity index (χ0n) is 11.7. The van der Waals surface area contributed by atoms with Gasteiger partial charge in [0.05, 0.1) is 0 Å².